The Labute approximate surface area is 76.0 Å². The Balaban J connectivity index is 2.14. The molecule has 13 heavy (non-hydrogen) atoms. The zero-order valence-corrected chi connectivity index (χ0v) is 7.20. The summed E-state index contributed by atoms with van der Waals surface area (Å²) in [7, 11) is 0. The summed E-state index contributed by atoms with van der Waals surface area (Å²) in [5, 5.41) is 12.2. The highest BCUT2D eigenvalue weighted by Crippen LogP contribution is 2.38. The molecule has 1 aromatic heterocycles. The van der Waals surface area contributed by atoms with Gasteiger partial charge in [0.2, 0.25) is 0 Å². The lowest BCUT2D eigenvalue weighted by Gasteiger charge is -2.15. The number of rotatable bonds is 3. The standard InChI is InChI=1S/C8H12N4O/c9-6-3-10-5-11-7(6)12-8(4-13)1-2-8/h3,5,13H,1-2,4,9H2,(H,10,11,12). The maximum absolute atomic E-state index is 9.06. The van der Waals surface area contributed by atoms with E-state index in [1.165, 1.54) is 6.33 Å². The highest BCUT2D eigenvalue weighted by atomic mass is 16.3. The van der Waals surface area contributed by atoms with E-state index in [1.807, 2.05) is 0 Å². The first-order chi connectivity index (χ1) is 6.26. The predicted octanol–water partition coefficient (Wildman–Crippen LogP) is -0.00440. The number of nitrogens with zero attached hydrogens (tertiary/aromatic N) is 2. The van der Waals surface area contributed by atoms with Crippen LogP contribution in [0.4, 0.5) is 11.5 Å². The SMILES string of the molecule is Nc1cncnc1NC1(CO)CC1. The number of aliphatic hydroxyl groups is 1. The summed E-state index contributed by atoms with van der Waals surface area (Å²) in [5.74, 6) is 0.613. The number of nitrogen functional groups attached to an aromatic ring is 1. The molecular weight excluding hydrogens is 168 g/mol. The lowest BCUT2D eigenvalue weighted by atomic mass is 10.3. The minimum Gasteiger partial charge on any atom is -0.394 e. The second kappa shape index (κ2) is 2.85. The van der Waals surface area contributed by atoms with Crippen molar-refractivity contribution in [3.63, 3.8) is 0 Å². The zero-order valence-electron chi connectivity index (χ0n) is 7.20. The van der Waals surface area contributed by atoms with Crippen molar-refractivity contribution in [2.75, 3.05) is 17.7 Å². The minimum atomic E-state index is -0.178. The number of hydrogen-bond donors (Lipinski definition) is 3. The molecule has 0 radical (unpaired) electrons. The van der Waals surface area contributed by atoms with Gasteiger partial charge in [-0.1, -0.05) is 0 Å². The van der Waals surface area contributed by atoms with E-state index in [2.05, 4.69) is 15.3 Å². The van der Waals surface area contributed by atoms with Crippen molar-refractivity contribution in [2.45, 2.75) is 18.4 Å². The van der Waals surface area contributed by atoms with Gasteiger partial charge in [-0.3, -0.25) is 0 Å². The molecule has 4 N–H and O–H groups in total. The summed E-state index contributed by atoms with van der Waals surface area (Å²) in [6.45, 7) is 0.121. The Morgan fingerprint density at radius 1 is 1.62 bits per heavy atom. The fourth-order valence-corrected chi connectivity index (χ4v) is 1.17. The summed E-state index contributed by atoms with van der Waals surface area (Å²) < 4.78 is 0. The van der Waals surface area contributed by atoms with Crippen molar-refractivity contribution in [3.05, 3.63) is 12.5 Å². The van der Waals surface area contributed by atoms with Crippen molar-refractivity contribution in [3.8, 4) is 0 Å². The largest absolute Gasteiger partial charge is 0.394 e. The molecule has 0 spiro atoms. The highest BCUT2D eigenvalue weighted by Gasteiger charge is 2.42. The van der Waals surface area contributed by atoms with Gasteiger partial charge in [0, 0.05) is 0 Å². The molecular formula is C8H12N4O. The molecule has 0 aromatic carbocycles. The third-order valence-corrected chi connectivity index (χ3v) is 2.28. The molecule has 1 aromatic rings. The van der Waals surface area contributed by atoms with Crippen LogP contribution in [0.1, 0.15) is 12.8 Å². The smallest absolute Gasteiger partial charge is 0.153 e. The first-order valence-corrected chi connectivity index (χ1v) is 4.20. The fourth-order valence-electron chi connectivity index (χ4n) is 1.17. The van der Waals surface area contributed by atoms with E-state index < -0.39 is 0 Å². The van der Waals surface area contributed by atoms with Crippen LogP contribution >= 0.6 is 0 Å². The molecule has 2 rings (SSSR count). The molecule has 0 bridgehead atoms. The molecule has 1 aliphatic carbocycles. The van der Waals surface area contributed by atoms with Crippen molar-refractivity contribution in [2.24, 2.45) is 0 Å². The summed E-state index contributed by atoms with van der Waals surface area (Å²) in [5.41, 5.74) is 5.98. The number of nitrogens with one attached hydrogen (secondary N) is 1. The van der Waals surface area contributed by atoms with Gasteiger partial charge in [0.1, 0.15) is 6.33 Å². The molecule has 5 nitrogen and oxygen atoms in total. The Hall–Kier alpha value is -1.36. The van der Waals surface area contributed by atoms with Crippen LogP contribution in [0.5, 0.6) is 0 Å². The van der Waals surface area contributed by atoms with Crippen LogP contribution in [-0.2, 0) is 0 Å². The first kappa shape index (κ1) is 8.25. The van der Waals surface area contributed by atoms with Gasteiger partial charge in [-0.05, 0) is 12.8 Å². The molecule has 0 atom stereocenters. The van der Waals surface area contributed by atoms with Gasteiger partial charge in [-0.2, -0.15) is 0 Å². The van der Waals surface area contributed by atoms with Crippen molar-refractivity contribution < 1.29 is 5.11 Å². The quantitative estimate of drug-likeness (QED) is 0.609. The third kappa shape index (κ3) is 1.55. The number of nitrogens with two attached hydrogens (primary N) is 1. The van der Waals surface area contributed by atoms with Crippen LogP contribution in [-0.4, -0.2) is 27.2 Å². The molecule has 0 saturated heterocycles. The third-order valence-electron chi connectivity index (χ3n) is 2.28. The molecule has 1 heterocycles. The van der Waals surface area contributed by atoms with Crippen LogP contribution in [0.2, 0.25) is 0 Å². The average Bonchev–Trinajstić information content (AvgIpc) is 2.90. The lowest BCUT2D eigenvalue weighted by Crippen LogP contribution is -2.26. The van der Waals surface area contributed by atoms with Crippen molar-refractivity contribution in [1.29, 1.82) is 0 Å². The average molecular weight is 180 g/mol. The van der Waals surface area contributed by atoms with Gasteiger partial charge in [-0.25, -0.2) is 9.97 Å². The Morgan fingerprint density at radius 3 is 2.92 bits per heavy atom. The summed E-state index contributed by atoms with van der Waals surface area (Å²) >= 11 is 0. The molecule has 1 fully saturated rings. The fraction of sp³-hybridized carbons (Fsp3) is 0.500. The second-order valence-corrected chi connectivity index (χ2v) is 3.39. The van der Waals surface area contributed by atoms with E-state index in [0.29, 0.717) is 11.5 Å². The second-order valence-electron chi connectivity index (χ2n) is 3.39. The number of aromatic nitrogens is 2. The minimum absolute atomic E-state index is 0.121. The Bertz CT molecular complexity index is 311. The predicted molar refractivity (Wildman–Crippen MR) is 49.1 cm³/mol. The van der Waals surface area contributed by atoms with Crippen LogP contribution in [0, 0.1) is 0 Å². The van der Waals surface area contributed by atoms with E-state index in [0.717, 1.165) is 12.8 Å². The summed E-state index contributed by atoms with van der Waals surface area (Å²) in [4.78, 5) is 7.78. The van der Waals surface area contributed by atoms with E-state index >= 15 is 0 Å². The van der Waals surface area contributed by atoms with Gasteiger partial charge in [0.25, 0.3) is 0 Å². The van der Waals surface area contributed by atoms with Gasteiger partial charge in [0.05, 0.1) is 24.0 Å². The molecule has 0 amide bonds. The summed E-state index contributed by atoms with van der Waals surface area (Å²) in [6.07, 6.45) is 4.91. The Morgan fingerprint density at radius 2 is 2.38 bits per heavy atom. The van der Waals surface area contributed by atoms with Gasteiger partial charge in [-0.15, -0.1) is 0 Å². The van der Waals surface area contributed by atoms with Gasteiger partial charge >= 0.3 is 0 Å². The number of anilines is 2. The summed E-state index contributed by atoms with van der Waals surface area (Å²) in [6, 6.07) is 0. The van der Waals surface area contributed by atoms with Crippen LogP contribution < -0.4 is 11.1 Å². The highest BCUT2D eigenvalue weighted by molar-refractivity contribution is 5.61. The number of hydrogen-bond acceptors (Lipinski definition) is 5. The molecule has 0 unspecified atom stereocenters. The molecule has 5 heteroatoms. The van der Waals surface area contributed by atoms with E-state index in [-0.39, 0.29) is 12.1 Å². The van der Waals surface area contributed by atoms with Crippen LogP contribution in [0.15, 0.2) is 12.5 Å². The molecule has 1 saturated carbocycles. The van der Waals surface area contributed by atoms with Gasteiger partial charge in [0.15, 0.2) is 5.82 Å². The van der Waals surface area contributed by atoms with E-state index in [4.69, 9.17) is 10.8 Å². The topological polar surface area (TPSA) is 84.1 Å². The molecule has 0 aliphatic heterocycles. The maximum atomic E-state index is 9.06. The maximum Gasteiger partial charge on any atom is 0.153 e. The van der Waals surface area contributed by atoms with E-state index in [1.54, 1.807) is 6.20 Å². The zero-order chi connectivity index (χ0) is 9.31. The van der Waals surface area contributed by atoms with Gasteiger partial charge < -0.3 is 16.2 Å². The van der Waals surface area contributed by atoms with Crippen molar-refractivity contribution in [1.82, 2.24) is 9.97 Å². The van der Waals surface area contributed by atoms with Crippen LogP contribution in [0.3, 0.4) is 0 Å². The molecule has 1 aliphatic rings. The first-order valence-electron chi connectivity index (χ1n) is 4.20. The number of aliphatic hydroxyl groups excluding tert-OH is 1. The monoisotopic (exact) mass is 180 g/mol. The van der Waals surface area contributed by atoms with Crippen LogP contribution in [0.25, 0.3) is 0 Å². The molecule has 70 valence electrons. The Kier molecular flexibility index (Phi) is 1.81. The van der Waals surface area contributed by atoms with E-state index in [9.17, 15) is 0 Å². The lowest BCUT2D eigenvalue weighted by molar-refractivity contribution is 0.266. The normalized spacial score (nSPS) is 18.2. The van der Waals surface area contributed by atoms with Crippen molar-refractivity contribution >= 4 is 11.5 Å².